The van der Waals surface area contributed by atoms with E-state index in [1.165, 1.54) is 0 Å². The molecule has 0 N–H and O–H groups in total. The molecule has 0 saturated heterocycles. The van der Waals surface area contributed by atoms with Crippen LogP contribution in [0.1, 0.15) is 25.7 Å². The molecule has 0 radical (unpaired) electrons. The third-order valence-electron chi connectivity index (χ3n) is 2.59. The van der Waals surface area contributed by atoms with Gasteiger partial charge in [-0.3, -0.25) is 0 Å². The Balaban J connectivity index is 2.81. The van der Waals surface area contributed by atoms with E-state index in [0.29, 0.717) is 12.8 Å². The largest absolute Gasteiger partial charge is 0.350 e. The molecule has 1 aliphatic rings. The van der Waals surface area contributed by atoms with Crippen molar-refractivity contribution >= 4 is 21.6 Å². The van der Waals surface area contributed by atoms with E-state index >= 15 is 0 Å². The summed E-state index contributed by atoms with van der Waals surface area (Å²) in [6, 6.07) is -0.289. The Morgan fingerprint density at radius 3 is 2.27 bits per heavy atom. The lowest BCUT2D eigenvalue weighted by Crippen LogP contribution is -2.43. The molecule has 0 amide bonds. The number of halogens is 3. The van der Waals surface area contributed by atoms with Crippen LogP contribution >= 0.6 is 11.6 Å². The molecule has 3 nitrogen and oxygen atoms in total. The summed E-state index contributed by atoms with van der Waals surface area (Å²) >= 11 is 5.43. The topological polar surface area (TPSA) is 37.4 Å². The third-order valence-corrected chi connectivity index (χ3v) is 4.34. The van der Waals surface area contributed by atoms with Crippen molar-refractivity contribution in [3.05, 3.63) is 0 Å². The van der Waals surface area contributed by atoms with Crippen molar-refractivity contribution in [2.75, 3.05) is 12.4 Å². The quantitative estimate of drug-likeness (QED) is 0.710. The maximum atomic E-state index is 12.4. The first-order valence-corrected chi connectivity index (χ1v) is 6.88. The first kappa shape index (κ1) is 13.1. The van der Waals surface area contributed by atoms with Gasteiger partial charge in [-0.2, -0.15) is 13.1 Å². The molecule has 0 bridgehead atoms. The van der Waals surface area contributed by atoms with Crippen molar-refractivity contribution in [3.63, 3.8) is 0 Å². The number of nitrogens with zero attached hydrogens (tertiary/aromatic N) is 1. The number of hydrogen-bond donors (Lipinski definition) is 0. The van der Waals surface area contributed by atoms with E-state index in [4.69, 9.17) is 11.6 Å². The number of alkyl halides is 3. The van der Waals surface area contributed by atoms with Crippen LogP contribution < -0.4 is 0 Å². The number of sulfonamides is 1. The first-order chi connectivity index (χ1) is 7.00. The summed E-state index contributed by atoms with van der Waals surface area (Å²) < 4.78 is 48.3. The molecular weight excluding hydrogens is 248 g/mol. The van der Waals surface area contributed by atoms with Crippen LogP contribution in [0.5, 0.6) is 0 Å². The van der Waals surface area contributed by atoms with Gasteiger partial charge in [0.05, 0.1) is 0 Å². The molecule has 1 aliphatic carbocycles. The summed E-state index contributed by atoms with van der Waals surface area (Å²) in [7, 11) is -4.47. The van der Waals surface area contributed by atoms with Crippen LogP contribution in [0.2, 0.25) is 0 Å². The molecule has 7 heteroatoms. The summed E-state index contributed by atoms with van der Waals surface area (Å²) in [6.45, 7) is -0.0289. The van der Waals surface area contributed by atoms with Gasteiger partial charge in [0.15, 0.2) is 0 Å². The molecule has 0 aromatic carbocycles. The molecule has 0 aromatic rings. The lowest BCUT2D eigenvalue weighted by molar-refractivity contribution is 0.210. The second-order valence-corrected chi connectivity index (χ2v) is 5.78. The minimum Gasteiger partial charge on any atom is -0.206 e. The zero-order valence-electron chi connectivity index (χ0n) is 8.20. The lowest BCUT2D eigenvalue weighted by atomic mass is 10.2. The summed E-state index contributed by atoms with van der Waals surface area (Å²) in [4.78, 5) is 0. The van der Waals surface area contributed by atoms with E-state index in [1.807, 2.05) is 0 Å². The number of rotatable bonds is 5. The van der Waals surface area contributed by atoms with Crippen molar-refractivity contribution in [1.29, 1.82) is 0 Å². The molecule has 0 atom stereocenters. The van der Waals surface area contributed by atoms with Crippen molar-refractivity contribution in [2.24, 2.45) is 0 Å². The molecule has 1 rings (SSSR count). The molecule has 90 valence electrons. The summed E-state index contributed by atoms with van der Waals surface area (Å²) in [6.07, 6.45) is 3.09. The van der Waals surface area contributed by atoms with Gasteiger partial charge in [0.25, 0.3) is 10.0 Å². The highest BCUT2D eigenvalue weighted by molar-refractivity contribution is 7.89. The average Bonchev–Trinajstić information content (AvgIpc) is 2.66. The fourth-order valence-electron chi connectivity index (χ4n) is 1.90. The van der Waals surface area contributed by atoms with Crippen LogP contribution in [0.15, 0.2) is 0 Å². The maximum Gasteiger partial charge on any atom is 0.350 e. The molecule has 15 heavy (non-hydrogen) atoms. The minimum absolute atomic E-state index is 0.0289. The van der Waals surface area contributed by atoms with Crippen molar-refractivity contribution in [1.82, 2.24) is 4.31 Å². The molecule has 0 spiro atoms. The van der Waals surface area contributed by atoms with Gasteiger partial charge in [-0.15, -0.1) is 11.6 Å². The lowest BCUT2D eigenvalue weighted by Gasteiger charge is -2.26. The second kappa shape index (κ2) is 5.41. The van der Waals surface area contributed by atoms with E-state index < -0.39 is 15.8 Å². The molecule has 0 heterocycles. The van der Waals surface area contributed by atoms with Gasteiger partial charge < -0.3 is 0 Å². The first-order valence-electron chi connectivity index (χ1n) is 4.85. The standard InChI is InChI=1S/C8H14ClF2NO2S/c9-5-6-12(7-3-1-2-4-7)15(13,14)8(10)11/h7-8H,1-6H2. The molecule has 0 unspecified atom stereocenters. The molecule has 0 aliphatic heterocycles. The van der Waals surface area contributed by atoms with E-state index in [2.05, 4.69) is 0 Å². The SMILES string of the molecule is O=S(=O)(C(F)F)N(CCCl)C1CCCC1. The molecule has 0 aromatic heterocycles. The van der Waals surface area contributed by atoms with Crippen molar-refractivity contribution < 1.29 is 17.2 Å². The Morgan fingerprint density at radius 1 is 1.33 bits per heavy atom. The van der Waals surface area contributed by atoms with Crippen LogP contribution in [0.3, 0.4) is 0 Å². The monoisotopic (exact) mass is 261 g/mol. The van der Waals surface area contributed by atoms with Gasteiger partial charge in [0.1, 0.15) is 0 Å². The smallest absolute Gasteiger partial charge is 0.206 e. The predicted octanol–water partition coefficient (Wildman–Crippen LogP) is 2.02. The second-order valence-electron chi connectivity index (χ2n) is 3.54. The number of hydrogen-bond acceptors (Lipinski definition) is 2. The van der Waals surface area contributed by atoms with Crippen LogP contribution in [0.4, 0.5) is 8.78 Å². The molecular formula is C8H14ClF2NO2S. The highest BCUT2D eigenvalue weighted by atomic mass is 35.5. The highest BCUT2D eigenvalue weighted by Crippen LogP contribution is 2.27. The van der Waals surface area contributed by atoms with Gasteiger partial charge in [0, 0.05) is 18.5 Å². The van der Waals surface area contributed by atoms with Gasteiger partial charge in [-0.1, -0.05) is 12.8 Å². The van der Waals surface area contributed by atoms with Crippen LogP contribution in [-0.2, 0) is 10.0 Å². The zero-order chi connectivity index (χ0) is 11.5. The van der Waals surface area contributed by atoms with Crippen molar-refractivity contribution in [3.8, 4) is 0 Å². The zero-order valence-corrected chi connectivity index (χ0v) is 9.78. The van der Waals surface area contributed by atoms with Crippen LogP contribution in [0, 0.1) is 0 Å². The maximum absolute atomic E-state index is 12.4. The fraction of sp³-hybridized carbons (Fsp3) is 1.00. The molecule has 1 fully saturated rings. The van der Waals surface area contributed by atoms with E-state index in [0.717, 1.165) is 17.1 Å². The Bertz CT molecular complexity index is 291. The van der Waals surface area contributed by atoms with Crippen LogP contribution in [0.25, 0.3) is 0 Å². The van der Waals surface area contributed by atoms with E-state index in [9.17, 15) is 17.2 Å². The van der Waals surface area contributed by atoms with Crippen LogP contribution in [-0.4, -0.2) is 36.9 Å². The molecule has 1 saturated carbocycles. The van der Waals surface area contributed by atoms with Gasteiger partial charge in [0.2, 0.25) is 0 Å². The third kappa shape index (κ3) is 3.01. The summed E-state index contributed by atoms with van der Waals surface area (Å²) in [5.41, 5.74) is 0. The fourth-order valence-corrected chi connectivity index (χ4v) is 3.35. The normalized spacial score (nSPS) is 19.3. The van der Waals surface area contributed by atoms with Gasteiger partial charge in [-0.25, -0.2) is 8.42 Å². The Morgan fingerprint density at radius 2 is 1.87 bits per heavy atom. The van der Waals surface area contributed by atoms with Gasteiger partial charge in [-0.05, 0) is 12.8 Å². The van der Waals surface area contributed by atoms with E-state index in [-0.39, 0.29) is 18.5 Å². The minimum atomic E-state index is -4.47. The van der Waals surface area contributed by atoms with E-state index in [1.54, 1.807) is 0 Å². The van der Waals surface area contributed by atoms with Crippen molar-refractivity contribution in [2.45, 2.75) is 37.5 Å². The summed E-state index contributed by atoms with van der Waals surface area (Å²) in [5.74, 6) is -3.30. The highest BCUT2D eigenvalue weighted by Gasteiger charge is 2.37. The Kier molecular flexibility index (Phi) is 4.73. The van der Waals surface area contributed by atoms with Gasteiger partial charge >= 0.3 is 5.76 Å². The average molecular weight is 262 g/mol. The Labute approximate surface area is 93.4 Å². The predicted molar refractivity (Wildman–Crippen MR) is 54.6 cm³/mol. The summed E-state index contributed by atoms with van der Waals surface area (Å²) in [5, 5.41) is 0. The Hall–Kier alpha value is 0.0600.